The molecule has 2 heterocycles. The molecule has 3 rings (SSSR count). The van der Waals surface area contributed by atoms with Gasteiger partial charge in [0.05, 0.1) is 5.02 Å². The minimum Gasteiger partial charge on any atom is -0.478 e. The Kier molecular flexibility index (Phi) is 5.74. The lowest BCUT2D eigenvalue weighted by Gasteiger charge is -2.20. The van der Waals surface area contributed by atoms with E-state index in [1.54, 1.807) is 12.3 Å². The number of halogens is 1. The summed E-state index contributed by atoms with van der Waals surface area (Å²) in [6, 6.07) is 2.11. The number of hydrogen-bond donors (Lipinski definition) is 2. The van der Waals surface area contributed by atoms with Crippen molar-refractivity contribution in [3.8, 4) is 0 Å². The van der Waals surface area contributed by atoms with Crippen LogP contribution in [-0.2, 0) is 4.79 Å². The monoisotopic (exact) mass is 349 g/mol. The van der Waals surface area contributed by atoms with Gasteiger partial charge in [0.1, 0.15) is 5.82 Å². The van der Waals surface area contributed by atoms with Crippen LogP contribution in [-0.4, -0.2) is 46.6 Å². The number of likely N-dealkylation sites (tertiary alicyclic amines) is 1. The predicted octanol–water partition coefficient (Wildman–Crippen LogP) is 3.51. The van der Waals surface area contributed by atoms with Gasteiger partial charge in [0.2, 0.25) is 0 Å². The molecule has 1 aromatic heterocycles. The van der Waals surface area contributed by atoms with Gasteiger partial charge in [-0.25, -0.2) is 9.78 Å². The molecule has 2 aliphatic rings. The Morgan fingerprint density at radius 1 is 1.42 bits per heavy atom. The second-order valence-electron chi connectivity index (χ2n) is 6.81. The molecule has 0 aromatic carbocycles. The molecule has 1 aliphatic carbocycles. The fourth-order valence-corrected chi connectivity index (χ4v) is 3.91. The molecular weight excluding hydrogens is 326 g/mol. The molecule has 1 aliphatic heterocycles. The average Bonchev–Trinajstić information content (AvgIpc) is 3.20. The molecule has 1 saturated carbocycles. The van der Waals surface area contributed by atoms with Gasteiger partial charge in [-0.2, -0.15) is 0 Å². The van der Waals surface area contributed by atoms with Crippen LogP contribution in [0.4, 0.5) is 5.82 Å². The highest BCUT2D eigenvalue weighted by molar-refractivity contribution is 6.33. The lowest BCUT2D eigenvalue weighted by atomic mass is 10.1. The molecule has 0 bridgehead atoms. The number of pyridine rings is 1. The van der Waals surface area contributed by atoms with Crippen molar-refractivity contribution in [2.24, 2.45) is 5.92 Å². The fraction of sp³-hybridized carbons (Fsp3) is 0.556. The van der Waals surface area contributed by atoms with Crippen LogP contribution >= 0.6 is 11.6 Å². The van der Waals surface area contributed by atoms with E-state index in [0.717, 1.165) is 31.5 Å². The number of nitrogens with zero attached hydrogens (tertiary/aromatic N) is 2. The van der Waals surface area contributed by atoms with Crippen LogP contribution in [0.2, 0.25) is 5.02 Å². The number of aromatic nitrogens is 1. The van der Waals surface area contributed by atoms with E-state index in [1.165, 1.54) is 38.3 Å². The van der Waals surface area contributed by atoms with Gasteiger partial charge in [0, 0.05) is 37.9 Å². The van der Waals surface area contributed by atoms with E-state index < -0.39 is 5.97 Å². The number of carbonyl (C=O) groups is 1. The smallest absolute Gasteiger partial charge is 0.328 e. The van der Waals surface area contributed by atoms with Crippen LogP contribution < -0.4 is 5.32 Å². The van der Waals surface area contributed by atoms with Crippen molar-refractivity contribution in [1.29, 1.82) is 0 Å². The van der Waals surface area contributed by atoms with E-state index >= 15 is 0 Å². The molecule has 1 atom stereocenters. The topological polar surface area (TPSA) is 65.5 Å². The zero-order valence-electron chi connectivity index (χ0n) is 13.7. The van der Waals surface area contributed by atoms with Gasteiger partial charge in [-0.15, -0.1) is 0 Å². The Hall–Kier alpha value is -1.59. The van der Waals surface area contributed by atoms with Crippen LogP contribution in [0, 0.1) is 5.92 Å². The molecule has 0 radical (unpaired) electrons. The van der Waals surface area contributed by atoms with E-state index in [1.807, 2.05) is 0 Å². The van der Waals surface area contributed by atoms with Gasteiger partial charge >= 0.3 is 5.97 Å². The summed E-state index contributed by atoms with van der Waals surface area (Å²) in [6.07, 6.45) is 10.9. The standard InChI is InChI=1S/C18H24ClN3O2/c19-16-9-14(5-6-17(23)24)10-20-18(16)21-15-7-8-22(12-15)11-13-3-1-2-4-13/h5-6,9-10,13,15H,1-4,7-8,11-12H2,(H,20,21)(H,23,24)/t15-/m1/s1. The predicted molar refractivity (Wildman–Crippen MR) is 96.3 cm³/mol. The minimum atomic E-state index is -0.985. The second-order valence-corrected chi connectivity index (χ2v) is 7.22. The lowest BCUT2D eigenvalue weighted by Crippen LogP contribution is -2.30. The zero-order valence-corrected chi connectivity index (χ0v) is 14.5. The van der Waals surface area contributed by atoms with Crippen LogP contribution in [0.1, 0.15) is 37.7 Å². The van der Waals surface area contributed by atoms with Gasteiger partial charge in [-0.05, 0) is 42.9 Å². The van der Waals surface area contributed by atoms with Crippen molar-refractivity contribution >= 4 is 29.5 Å². The first-order valence-corrected chi connectivity index (χ1v) is 9.03. The molecule has 6 heteroatoms. The van der Waals surface area contributed by atoms with Gasteiger partial charge in [-0.3, -0.25) is 0 Å². The summed E-state index contributed by atoms with van der Waals surface area (Å²) >= 11 is 6.28. The Balaban J connectivity index is 1.53. The Labute approximate surface area is 147 Å². The molecule has 1 aromatic rings. The highest BCUT2D eigenvalue weighted by Crippen LogP contribution is 2.28. The van der Waals surface area contributed by atoms with Crippen molar-refractivity contribution in [3.63, 3.8) is 0 Å². The maximum atomic E-state index is 10.6. The number of rotatable bonds is 6. The first kappa shape index (κ1) is 17.2. The number of aliphatic carboxylic acids is 1. The van der Waals surface area contributed by atoms with Crippen molar-refractivity contribution in [1.82, 2.24) is 9.88 Å². The van der Waals surface area contributed by atoms with Crippen LogP contribution in [0.25, 0.3) is 6.08 Å². The third-order valence-electron chi connectivity index (χ3n) is 4.89. The van der Waals surface area contributed by atoms with Crippen LogP contribution in [0.15, 0.2) is 18.3 Å². The molecule has 24 heavy (non-hydrogen) atoms. The molecule has 2 N–H and O–H groups in total. The number of hydrogen-bond acceptors (Lipinski definition) is 4. The van der Waals surface area contributed by atoms with E-state index in [-0.39, 0.29) is 0 Å². The zero-order chi connectivity index (χ0) is 16.9. The maximum Gasteiger partial charge on any atom is 0.328 e. The number of carboxylic acid groups (broad SMARTS) is 1. The SMILES string of the molecule is O=C(O)C=Cc1cnc(N[C@@H]2CCN(CC3CCCC3)C2)c(Cl)c1. The Morgan fingerprint density at radius 2 is 2.21 bits per heavy atom. The van der Waals surface area contributed by atoms with Crippen molar-refractivity contribution in [2.75, 3.05) is 25.0 Å². The summed E-state index contributed by atoms with van der Waals surface area (Å²) in [5.74, 6) is 0.573. The summed E-state index contributed by atoms with van der Waals surface area (Å²) in [5.41, 5.74) is 0.683. The third kappa shape index (κ3) is 4.71. The summed E-state index contributed by atoms with van der Waals surface area (Å²) in [5, 5.41) is 12.6. The average molecular weight is 350 g/mol. The third-order valence-corrected chi connectivity index (χ3v) is 5.17. The molecule has 0 amide bonds. The number of anilines is 1. The van der Waals surface area contributed by atoms with Crippen LogP contribution in [0.3, 0.4) is 0 Å². The van der Waals surface area contributed by atoms with Gasteiger partial charge < -0.3 is 15.3 Å². The molecule has 1 saturated heterocycles. The minimum absolute atomic E-state index is 0.372. The quantitative estimate of drug-likeness (QED) is 0.769. The molecule has 0 unspecified atom stereocenters. The van der Waals surface area contributed by atoms with E-state index in [0.29, 0.717) is 22.4 Å². The van der Waals surface area contributed by atoms with Crippen molar-refractivity contribution in [3.05, 3.63) is 28.9 Å². The Morgan fingerprint density at radius 3 is 2.92 bits per heavy atom. The first-order chi connectivity index (χ1) is 11.6. The van der Waals surface area contributed by atoms with E-state index in [2.05, 4.69) is 15.2 Å². The fourth-order valence-electron chi connectivity index (χ4n) is 3.69. The molecule has 5 nitrogen and oxygen atoms in total. The molecular formula is C18H24ClN3O2. The second kappa shape index (κ2) is 7.99. The maximum absolute atomic E-state index is 10.6. The number of nitrogens with one attached hydrogen (secondary N) is 1. The molecule has 0 spiro atoms. The van der Waals surface area contributed by atoms with E-state index in [9.17, 15) is 4.79 Å². The highest BCUT2D eigenvalue weighted by atomic mass is 35.5. The molecule has 2 fully saturated rings. The van der Waals surface area contributed by atoms with Crippen molar-refractivity contribution in [2.45, 2.75) is 38.1 Å². The first-order valence-electron chi connectivity index (χ1n) is 8.65. The van der Waals surface area contributed by atoms with E-state index in [4.69, 9.17) is 16.7 Å². The summed E-state index contributed by atoms with van der Waals surface area (Å²) in [7, 11) is 0. The molecule has 130 valence electrons. The van der Waals surface area contributed by atoms with Crippen LogP contribution in [0.5, 0.6) is 0 Å². The summed E-state index contributed by atoms with van der Waals surface area (Å²) in [4.78, 5) is 17.4. The van der Waals surface area contributed by atoms with Gasteiger partial charge in [0.15, 0.2) is 0 Å². The van der Waals surface area contributed by atoms with Gasteiger partial charge in [0.25, 0.3) is 0 Å². The van der Waals surface area contributed by atoms with Crippen molar-refractivity contribution < 1.29 is 9.90 Å². The van der Waals surface area contributed by atoms with Gasteiger partial charge in [-0.1, -0.05) is 24.4 Å². The summed E-state index contributed by atoms with van der Waals surface area (Å²) < 4.78 is 0. The summed E-state index contributed by atoms with van der Waals surface area (Å²) in [6.45, 7) is 3.39. The normalized spacial score (nSPS) is 22.5. The Bertz CT molecular complexity index is 614. The largest absolute Gasteiger partial charge is 0.478 e. The number of carboxylic acids is 1. The highest BCUT2D eigenvalue weighted by Gasteiger charge is 2.26. The lowest BCUT2D eigenvalue weighted by molar-refractivity contribution is -0.131.